The second-order valence-corrected chi connectivity index (χ2v) is 5.78. The van der Waals surface area contributed by atoms with Gasteiger partial charge >= 0.3 is 0 Å². The van der Waals surface area contributed by atoms with Crippen LogP contribution in [0.4, 0.5) is 14.5 Å². The number of amides is 1. The van der Waals surface area contributed by atoms with Gasteiger partial charge in [0.1, 0.15) is 6.04 Å². The highest BCUT2D eigenvalue weighted by Crippen LogP contribution is 2.20. The Morgan fingerprint density at radius 1 is 1.23 bits per heavy atom. The Balaban J connectivity index is 1.90. The van der Waals surface area contributed by atoms with Crippen LogP contribution in [-0.4, -0.2) is 12.5 Å². The summed E-state index contributed by atoms with van der Waals surface area (Å²) in [5, 5.41) is 4.55. The number of nitrogens with two attached hydrogens (primary N) is 1. The zero-order chi connectivity index (χ0) is 16.1. The molecule has 2 aromatic carbocycles. The van der Waals surface area contributed by atoms with Gasteiger partial charge in [0.25, 0.3) is 5.91 Å². The van der Waals surface area contributed by atoms with E-state index in [1.807, 2.05) is 25.1 Å². The third-order valence-electron chi connectivity index (χ3n) is 3.27. The predicted octanol–water partition coefficient (Wildman–Crippen LogP) is 2.99. The van der Waals surface area contributed by atoms with Crippen LogP contribution < -0.4 is 10.6 Å². The molecule has 0 fully saturated rings. The second-order valence-electron chi connectivity index (χ2n) is 4.93. The summed E-state index contributed by atoms with van der Waals surface area (Å²) in [5.74, 6) is -1.92. The standard InChI is InChI=1S/C16H15BrF2N2O/c1-10(11-6-7-13(18)14(19)8-11)20-9-16(22)21-15-5-3-2-4-12(15)17/h2-8,10,20H,9H2,1H3,(H,21,22)/p+1/t10-/m1/s1. The summed E-state index contributed by atoms with van der Waals surface area (Å²) in [7, 11) is 0. The first-order chi connectivity index (χ1) is 10.5. The van der Waals surface area contributed by atoms with Crippen molar-refractivity contribution in [3.05, 3.63) is 64.1 Å². The average Bonchev–Trinajstić information content (AvgIpc) is 2.50. The molecule has 2 aromatic rings. The van der Waals surface area contributed by atoms with Crippen molar-refractivity contribution in [3.8, 4) is 0 Å². The number of rotatable bonds is 5. The molecular weight excluding hydrogens is 354 g/mol. The first-order valence-electron chi connectivity index (χ1n) is 6.80. The van der Waals surface area contributed by atoms with E-state index in [-0.39, 0.29) is 18.5 Å². The van der Waals surface area contributed by atoms with Crippen LogP contribution in [0.25, 0.3) is 0 Å². The number of anilines is 1. The Labute approximate surface area is 135 Å². The monoisotopic (exact) mass is 369 g/mol. The zero-order valence-corrected chi connectivity index (χ0v) is 13.5. The molecule has 0 aliphatic heterocycles. The Kier molecular flexibility index (Phi) is 5.63. The van der Waals surface area contributed by atoms with E-state index >= 15 is 0 Å². The number of halogens is 3. The van der Waals surface area contributed by atoms with E-state index in [0.29, 0.717) is 11.3 Å². The van der Waals surface area contributed by atoms with Gasteiger partial charge in [0, 0.05) is 10.0 Å². The lowest BCUT2D eigenvalue weighted by atomic mass is 10.1. The minimum Gasteiger partial charge on any atom is -0.333 e. The summed E-state index contributed by atoms with van der Waals surface area (Å²) in [6.45, 7) is 2.01. The molecule has 116 valence electrons. The number of carbonyl (C=O) groups excluding carboxylic acids is 1. The average molecular weight is 370 g/mol. The highest BCUT2D eigenvalue weighted by Gasteiger charge is 2.14. The zero-order valence-electron chi connectivity index (χ0n) is 11.9. The number of nitrogens with one attached hydrogen (secondary N) is 1. The van der Waals surface area contributed by atoms with Gasteiger partial charge in [-0.15, -0.1) is 0 Å². The number of carbonyl (C=O) groups is 1. The van der Waals surface area contributed by atoms with Crippen molar-refractivity contribution in [2.24, 2.45) is 0 Å². The highest BCUT2D eigenvalue weighted by atomic mass is 79.9. The number of para-hydroxylation sites is 1. The Morgan fingerprint density at radius 2 is 1.95 bits per heavy atom. The number of benzene rings is 2. The van der Waals surface area contributed by atoms with E-state index in [0.717, 1.165) is 16.6 Å². The molecule has 0 heterocycles. The first-order valence-corrected chi connectivity index (χ1v) is 7.59. The van der Waals surface area contributed by atoms with Crippen LogP contribution in [0, 0.1) is 11.6 Å². The summed E-state index contributed by atoms with van der Waals surface area (Å²) in [4.78, 5) is 11.9. The van der Waals surface area contributed by atoms with Crippen LogP contribution in [0.3, 0.4) is 0 Å². The van der Waals surface area contributed by atoms with Gasteiger partial charge in [0.15, 0.2) is 18.2 Å². The van der Waals surface area contributed by atoms with Gasteiger partial charge in [0.05, 0.1) is 5.69 Å². The molecule has 0 bridgehead atoms. The van der Waals surface area contributed by atoms with Crippen molar-refractivity contribution in [2.75, 3.05) is 11.9 Å². The molecule has 2 rings (SSSR count). The molecule has 22 heavy (non-hydrogen) atoms. The lowest BCUT2D eigenvalue weighted by molar-refractivity contribution is -0.682. The Bertz CT molecular complexity index is 679. The minimum absolute atomic E-state index is 0.153. The minimum atomic E-state index is -0.879. The number of quaternary nitrogens is 1. The molecule has 0 radical (unpaired) electrons. The fraction of sp³-hybridized carbons (Fsp3) is 0.188. The van der Waals surface area contributed by atoms with Crippen LogP contribution in [0.15, 0.2) is 46.9 Å². The second kappa shape index (κ2) is 7.47. The van der Waals surface area contributed by atoms with Crippen LogP contribution in [-0.2, 0) is 4.79 Å². The molecule has 3 nitrogen and oxygen atoms in total. The van der Waals surface area contributed by atoms with Gasteiger partial charge in [-0.2, -0.15) is 0 Å². The topological polar surface area (TPSA) is 45.7 Å². The van der Waals surface area contributed by atoms with Gasteiger partial charge in [0.2, 0.25) is 0 Å². The third kappa shape index (κ3) is 4.35. The van der Waals surface area contributed by atoms with Crippen molar-refractivity contribution in [1.29, 1.82) is 0 Å². The highest BCUT2D eigenvalue weighted by molar-refractivity contribution is 9.10. The molecule has 0 spiro atoms. The largest absolute Gasteiger partial charge is 0.333 e. The van der Waals surface area contributed by atoms with E-state index in [9.17, 15) is 13.6 Å². The van der Waals surface area contributed by atoms with Crippen LogP contribution in [0.1, 0.15) is 18.5 Å². The van der Waals surface area contributed by atoms with Gasteiger partial charge in [-0.1, -0.05) is 12.1 Å². The summed E-state index contributed by atoms with van der Waals surface area (Å²) in [6.07, 6.45) is 0. The molecule has 6 heteroatoms. The molecule has 0 aromatic heterocycles. The van der Waals surface area contributed by atoms with Crippen LogP contribution >= 0.6 is 15.9 Å². The lowest BCUT2D eigenvalue weighted by Gasteiger charge is -2.12. The van der Waals surface area contributed by atoms with Gasteiger partial charge < -0.3 is 10.6 Å². The Morgan fingerprint density at radius 3 is 2.64 bits per heavy atom. The lowest BCUT2D eigenvalue weighted by Crippen LogP contribution is -2.86. The van der Waals surface area contributed by atoms with E-state index in [1.165, 1.54) is 6.07 Å². The molecule has 3 N–H and O–H groups in total. The maximum absolute atomic E-state index is 13.2. The molecule has 0 unspecified atom stereocenters. The van der Waals surface area contributed by atoms with E-state index in [1.54, 1.807) is 11.4 Å². The van der Waals surface area contributed by atoms with Gasteiger partial charge in [-0.25, -0.2) is 8.78 Å². The molecule has 0 aliphatic carbocycles. The van der Waals surface area contributed by atoms with Crippen molar-refractivity contribution in [2.45, 2.75) is 13.0 Å². The number of hydrogen-bond acceptors (Lipinski definition) is 1. The van der Waals surface area contributed by atoms with Crippen LogP contribution in [0.5, 0.6) is 0 Å². The summed E-state index contributed by atoms with van der Waals surface area (Å²) < 4.78 is 26.9. The van der Waals surface area contributed by atoms with Gasteiger partial charge in [-0.3, -0.25) is 4.79 Å². The SMILES string of the molecule is C[C@@H]([NH2+]CC(=O)Nc1ccccc1Br)c1ccc(F)c(F)c1. The molecule has 0 saturated heterocycles. The van der Waals surface area contributed by atoms with Crippen molar-refractivity contribution in [1.82, 2.24) is 0 Å². The van der Waals surface area contributed by atoms with Crippen molar-refractivity contribution < 1.29 is 18.9 Å². The molecular formula is C16H16BrF2N2O+. The summed E-state index contributed by atoms with van der Waals surface area (Å²) in [5.41, 5.74) is 1.33. The van der Waals surface area contributed by atoms with E-state index < -0.39 is 11.6 Å². The van der Waals surface area contributed by atoms with E-state index in [2.05, 4.69) is 21.2 Å². The first kappa shape index (κ1) is 16.6. The molecule has 0 aliphatic rings. The predicted molar refractivity (Wildman–Crippen MR) is 84.3 cm³/mol. The fourth-order valence-corrected chi connectivity index (χ4v) is 2.36. The fourth-order valence-electron chi connectivity index (χ4n) is 1.98. The van der Waals surface area contributed by atoms with Crippen molar-refractivity contribution in [3.63, 3.8) is 0 Å². The van der Waals surface area contributed by atoms with Crippen LogP contribution in [0.2, 0.25) is 0 Å². The number of hydrogen-bond donors (Lipinski definition) is 2. The molecule has 1 atom stereocenters. The third-order valence-corrected chi connectivity index (χ3v) is 3.97. The maximum Gasteiger partial charge on any atom is 0.279 e. The maximum atomic E-state index is 13.2. The summed E-state index contributed by atoms with van der Waals surface area (Å²) >= 11 is 3.35. The normalized spacial score (nSPS) is 12.0. The smallest absolute Gasteiger partial charge is 0.279 e. The van der Waals surface area contributed by atoms with E-state index in [4.69, 9.17) is 0 Å². The Hall–Kier alpha value is -1.79. The molecule has 1 amide bonds. The summed E-state index contributed by atoms with van der Waals surface area (Å²) in [6, 6.07) is 10.9. The van der Waals surface area contributed by atoms with Gasteiger partial charge in [-0.05, 0) is 53.2 Å². The molecule has 0 saturated carbocycles. The van der Waals surface area contributed by atoms with Crippen molar-refractivity contribution >= 4 is 27.5 Å². The quantitative estimate of drug-likeness (QED) is 0.835.